The number of H-pyrrole nitrogens is 1. The van der Waals surface area contributed by atoms with Crippen LogP contribution < -0.4 is 5.43 Å². The smallest absolute Gasteiger partial charge is 0.187 e. The van der Waals surface area contributed by atoms with E-state index in [4.69, 9.17) is 0 Å². The predicted molar refractivity (Wildman–Crippen MR) is 106 cm³/mol. The number of nitrogens with one attached hydrogen (secondary N) is 1. The zero-order chi connectivity index (χ0) is 19.0. The first kappa shape index (κ1) is 17.0. The molecule has 136 valence electrons. The van der Waals surface area contributed by atoms with Gasteiger partial charge in [-0.25, -0.2) is 4.98 Å². The van der Waals surface area contributed by atoms with E-state index in [9.17, 15) is 4.79 Å². The summed E-state index contributed by atoms with van der Waals surface area (Å²) in [5.74, 6) is 0. The topological polar surface area (TPSA) is 68.5 Å². The minimum Gasteiger partial charge on any atom is -0.363 e. The van der Waals surface area contributed by atoms with Crippen LogP contribution in [0.25, 0.3) is 22.5 Å². The second-order valence-electron chi connectivity index (χ2n) is 6.74. The molecule has 0 saturated carbocycles. The molecule has 0 aliphatic heterocycles. The van der Waals surface area contributed by atoms with E-state index in [-0.39, 0.29) is 5.43 Å². The molecule has 3 heterocycles. The standard InChI is InChI=1S/C21H21N5O/c1-14-9-22-18(15(2)21(14)27)12-26-13-23-19(16-7-5-4-6-8-16)20(26)17-10-24-25(3)11-17/h4-11,13H,12H2,1-3H3,(H,22,27). The van der Waals surface area contributed by atoms with Crippen LogP contribution >= 0.6 is 0 Å². The van der Waals surface area contributed by atoms with E-state index in [2.05, 4.69) is 19.6 Å². The molecule has 0 unspecified atom stereocenters. The minimum atomic E-state index is 0.0788. The summed E-state index contributed by atoms with van der Waals surface area (Å²) in [4.78, 5) is 20.2. The summed E-state index contributed by atoms with van der Waals surface area (Å²) >= 11 is 0. The maximum Gasteiger partial charge on any atom is 0.187 e. The second kappa shape index (κ2) is 6.72. The van der Waals surface area contributed by atoms with Gasteiger partial charge in [0.2, 0.25) is 0 Å². The Morgan fingerprint density at radius 1 is 1.11 bits per heavy atom. The van der Waals surface area contributed by atoms with Gasteiger partial charge in [0.05, 0.1) is 30.5 Å². The normalized spacial score (nSPS) is 11.1. The van der Waals surface area contributed by atoms with Crippen LogP contribution in [0.2, 0.25) is 0 Å². The molecule has 3 aromatic heterocycles. The van der Waals surface area contributed by atoms with E-state index in [0.29, 0.717) is 6.54 Å². The summed E-state index contributed by atoms with van der Waals surface area (Å²) in [7, 11) is 1.90. The Labute approximate surface area is 157 Å². The Bertz CT molecular complexity index is 1150. The first-order valence-corrected chi connectivity index (χ1v) is 8.82. The number of benzene rings is 1. The number of hydrogen-bond acceptors (Lipinski definition) is 3. The molecule has 0 aliphatic carbocycles. The Morgan fingerprint density at radius 2 is 1.89 bits per heavy atom. The Morgan fingerprint density at radius 3 is 2.59 bits per heavy atom. The SMILES string of the molecule is Cc1c[nH]c(Cn2cnc(-c3ccccc3)c2-c2cnn(C)c2)c(C)c1=O. The molecule has 0 radical (unpaired) electrons. The molecule has 4 rings (SSSR count). The summed E-state index contributed by atoms with van der Waals surface area (Å²) in [6.07, 6.45) is 7.40. The van der Waals surface area contributed by atoms with E-state index >= 15 is 0 Å². The van der Waals surface area contributed by atoms with E-state index in [1.807, 2.05) is 69.9 Å². The Balaban J connectivity index is 1.86. The molecule has 6 nitrogen and oxygen atoms in total. The van der Waals surface area contributed by atoms with Crippen LogP contribution in [-0.4, -0.2) is 24.3 Å². The maximum atomic E-state index is 12.3. The number of aromatic amines is 1. The molecule has 0 atom stereocenters. The van der Waals surface area contributed by atoms with Gasteiger partial charge in [-0.1, -0.05) is 30.3 Å². The van der Waals surface area contributed by atoms with E-state index in [1.165, 1.54) is 0 Å². The highest BCUT2D eigenvalue weighted by Crippen LogP contribution is 2.31. The van der Waals surface area contributed by atoms with E-state index < -0.39 is 0 Å². The molecule has 0 aliphatic rings. The van der Waals surface area contributed by atoms with Gasteiger partial charge in [-0.2, -0.15) is 5.10 Å². The highest BCUT2D eigenvalue weighted by atomic mass is 16.1. The van der Waals surface area contributed by atoms with Crippen molar-refractivity contribution in [2.45, 2.75) is 20.4 Å². The van der Waals surface area contributed by atoms with Gasteiger partial charge in [0, 0.05) is 47.4 Å². The molecule has 4 aromatic rings. The highest BCUT2D eigenvalue weighted by Gasteiger charge is 2.17. The number of imidazole rings is 1. The summed E-state index contributed by atoms with van der Waals surface area (Å²) in [5, 5.41) is 4.32. The van der Waals surface area contributed by atoms with Crippen molar-refractivity contribution >= 4 is 0 Å². The van der Waals surface area contributed by atoms with Gasteiger partial charge < -0.3 is 9.55 Å². The lowest BCUT2D eigenvalue weighted by molar-refractivity contribution is 0.764. The van der Waals surface area contributed by atoms with E-state index in [1.54, 1.807) is 10.9 Å². The van der Waals surface area contributed by atoms with Gasteiger partial charge in [0.15, 0.2) is 5.43 Å². The number of aromatic nitrogens is 5. The number of nitrogens with zero attached hydrogens (tertiary/aromatic N) is 4. The predicted octanol–water partition coefficient (Wildman–Crippen LogP) is 3.30. The van der Waals surface area contributed by atoms with Crippen molar-refractivity contribution in [2.75, 3.05) is 0 Å². The molecule has 1 N–H and O–H groups in total. The van der Waals surface area contributed by atoms with Crippen molar-refractivity contribution < 1.29 is 0 Å². The molecule has 0 amide bonds. The van der Waals surface area contributed by atoms with Crippen molar-refractivity contribution in [3.63, 3.8) is 0 Å². The van der Waals surface area contributed by atoms with Crippen LogP contribution in [0.15, 0.2) is 60.0 Å². The van der Waals surface area contributed by atoms with Gasteiger partial charge in [-0.05, 0) is 13.8 Å². The van der Waals surface area contributed by atoms with Gasteiger partial charge >= 0.3 is 0 Å². The average Bonchev–Trinajstić information content (AvgIpc) is 3.29. The molecular formula is C21H21N5O. The summed E-state index contributed by atoms with van der Waals surface area (Å²) < 4.78 is 3.84. The van der Waals surface area contributed by atoms with Crippen molar-refractivity contribution in [1.82, 2.24) is 24.3 Å². The van der Waals surface area contributed by atoms with E-state index in [0.717, 1.165) is 39.3 Å². The highest BCUT2D eigenvalue weighted by molar-refractivity contribution is 5.78. The van der Waals surface area contributed by atoms with Crippen molar-refractivity contribution in [3.05, 3.63) is 82.3 Å². The first-order chi connectivity index (χ1) is 13.0. The fourth-order valence-electron chi connectivity index (χ4n) is 3.29. The van der Waals surface area contributed by atoms with Crippen LogP contribution in [0.1, 0.15) is 16.8 Å². The van der Waals surface area contributed by atoms with Crippen LogP contribution in [0.5, 0.6) is 0 Å². The largest absolute Gasteiger partial charge is 0.363 e. The number of rotatable bonds is 4. The molecule has 6 heteroatoms. The first-order valence-electron chi connectivity index (χ1n) is 8.82. The van der Waals surface area contributed by atoms with Gasteiger partial charge in [-0.3, -0.25) is 9.48 Å². The van der Waals surface area contributed by atoms with Crippen molar-refractivity contribution in [1.29, 1.82) is 0 Å². The van der Waals surface area contributed by atoms with Gasteiger partial charge in [0.25, 0.3) is 0 Å². The Kier molecular flexibility index (Phi) is 4.24. The van der Waals surface area contributed by atoms with Gasteiger partial charge in [0.1, 0.15) is 0 Å². The summed E-state index contributed by atoms with van der Waals surface area (Å²) in [6.45, 7) is 4.22. The maximum absolute atomic E-state index is 12.3. The molecule has 0 spiro atoms. The quantitative estimate of drug-likeness (QED) is 0.608. The second-order valence-corrected chi connectivity index (χ2v) is 6.74. The summed E-state index contributed by atoms with van der Waals surface area (Å²) in [6, 6.07) is 10.1. The fraction of sp³-hybridized carbons (Fsp3) is 0.190. The molecular weight excluding hydrogens is 338 g/mol. The van der Waals surface area contributed by atoms with Crippen LogP contribution in [0.4, 0.5) is 0 Å². The third-order valence-electron chi connectivity index (χ3n) is 4.81. The number of hydrogen-bond donors (Lipinski definition) is 1. The zero-order valence-corrected chi connectivity index (χ0v) is 15.6. The third-order valence-corrected chi connectivity index (χ3v) is 4.81. The number of pyridine rings is 1. The lowest BCUT2D eigenvalue weighted by Gasteiger charge is -2.11. The zero-order valence-electron chi connectivity index (χ0n) is 15.6. The van der Waals surface area contributed by atoms with Crippen LogP contribution in [0, 0.1) is 13.8 Å². The molecule has 1 aromatic carbocycles. The van der Waals surface area contributed by atoms with Crippen molar-refractivity contribution in [3.8, 4) is 22.5 Å². The van der Waals surface area contributed by atoms with Crippen LogP contribution in [-0.2, 0) is 13.6 Å². The molecule has 0 saturated heterocycles. The average molecular weight is 359 g/mol. The molecule has 0 fully saturated rings. The minimum absolute atomic E-state index is 0.0788. The summed E-state index contributed by atoms with van der Waals surface area (Å²) in [5.41, 5.74) is 6.33. The fourth-order valence-corrected chi connectivity index (χ4v) is 3.29. The molecule has 27 heavy (non-hydrogen) atoms. The third kappa shape index (κ3) is 3.10. The van der Waals surface area contributed by atoms with Crippen LogP contribution in [0.3, 0.4) is 0 Å². The Hall–Kier alpha value is -3.41. The van der Waals surface area contributed by atoms with Gasteiger partial charge in [-0.15, -0.1) is 0 Å². The monoisotopic (exact) mass is 359 g/mol. The number of aryl methyl sites for hydroxylation is 2. The lowest BCUT2D eigenvalue weighted by Crippen LogP contribution is -2.15. The molecule has 0 bridgehead atoms. The van der Waals surface area contributed by atoms with Crippen molar-refractivity contribution in [2.24, 2.45) is 7.05 Å². The lowest BCUT2D eigenvalue weighted by atomic mass is 10.1.